The molecule has 1 aromatic rings. The Bertz CT molecular complexity index is 643. The molecule has 2 aliphatic rings. The minimum absolute atomic E-state index is 0.0699. The molecule has 23 heavy (non-hydrogen) atoms. The number of hydrogen-bond acceptors (Lipinski definition) is 3. The van der Waals surface area contributed by atoms with Crippen LogP contribution in [0, 0.1) is 0 Å². The maximum absolute atomic E-state index is 12.6. The van der Waals surface area contributed by atoms with Crippen molar-refractivity contribution in [1.82, 2.24) is 4.90 Å². The molecule has 0 aliphatic carbocycles. The number of anilines is 2. The number of benzene rings is 1. The van der Waals surface area contributed by atoms with E-state index in [1.165, 1.54) is 4.90 Å². The van der Waals surface area contributed by atoms with Gasteiger partial charge in [-0.3, -0.25) is 4.79 Å². The average molecular weight is 382 g/mol. The maximum Gasteiger partial charge on any atom is 0.407 e. The Kier molecular flexibility index (Phi) is 4.23. The number of rotatable bonds is 1. The first-order valence-electron chi connectivity index (χ1n) is 7.73. The molecule has 0 saturated carbocycles. The molecule has 0 aromatic heterocycles. The second kappa shape index (κ2) is 6.03. The van der Waals surface area contributed by atoms with Gasteiger partial charge in [0.1, 0.15) is 6.04 Å². The summed E-state index contributed by atoms with van der Waals surface area (Å²) in [5.41, 5.74) is 1.93. The van der Waals surface area contributed by atoms with Gasteiger partial charge in [0, 0.05) is 30.7 Å². The van der Waals surface area contributed by atoms with Crippen LogP contribution in [0.2, 0.25) is 0 Å². The van der Waals surface area contributed by atoms with E-state index in [0.29, 0.717) is 13.1 Å². The fraction of sp³-hybridized carbons (Fsp3) is 0.500. The molecule has 2 heterocycles. The first kappa shape index (κ1) is 16.1. The lowest BCUT2D eigenvalue weighted by atomic mass is 9.97. The van der Waals surface area contributed by atoms with Crippen molar-refractivity contribution in [2.24, 2.45) is 0 Å². The van der Waals surface area contributed by atoms with Crippen molar-refractivity contribution in [1.29, 1.82) is 0 Å². The number of likely N-dealkylation sites (N-methyl/N-ethyl adjacent to an activating group) is 1. The van der Waals surface area contributed by atoms with Gasteiger partial charge in [-0.1, -0.05) is 15.9 Å². The van der Waals surface area contributed by atoms with Crippen LogP contribution in [-0.4, -0.2) is 54.2 Å². The molecular formula is C16H20BrN3O3. The Hall–Kier alpha value is -1.76. The van der Waals surface area contributed by atoms with Crippen LogP contribution in [0.1, 0.15) is 19.8 Å². The van der Waals surface area contributed by atoms with Crippen LogP contribution in [0.15, 0.2) is 22.7 Å². The highest BCUT2D eigenvalue weighted by Crippen LogP contribution is 2.40. The number of carbonyl (C=O) groups is 2. The van der Waals surface area contributed by atoms with Gasteiger partial charge in [0.15, 0.2) is 0 Å². The van der Waals surface area contributed by atoms with Crippen LogP contribution in [0.4, 0.5) is 16.2 Å². The standard InChI is InChI=1S/C16H20BrN3O3/c1-10-15(21)18(2)13-4-3-11(17)9-14(13)20(10)12-5-7-19(8-6-12)16(22)23/h3-4,9-10,12H,5-8H2,1-2H3,(H,22,23)/t10-/m1/s1. The lowest BCUT2D eigenvalue weighted by Gasteiger charge is -2.46. The van der Waals surface area contributed by atoms with E-state index >= 15 is 0 Å². The number of nitrogens with zero attached hydrogens (tertiary/aromatic N) is 3. The van der Waals surface area contributed by atoms with Crippen molar-refractivity contribution in [3.05, 3.63) is 22.7 Å². The lowest BCUT2D eigenvalue weighted by molar-refractivity contribution is -0.119. The predicted octanol–water partition coefficient (Wildman–Crippen LogP) is 2.76. The van der Waals surface area contributed by atoms with Crippen molar-refractivity contribution >= 4 is 39.3 Å². The fourth-order valence-electron chi connectivity index (χ4n) is 3.56. The van der Waals surface area contributed by atoms with E-state index in [2.05, 4.69) is 20.8 Å². The van der Waals surface area contributed by atoms with E-state index in [1.54, 1.807) is 11.9 Å². The van der Waals surface area contributed by atoms with E-state index in [1.807, 2.05) is 25.1 Å². The Balaban J connectivity index is 1.92. The van der Waals surface area contributed by atoms with Crippen LogP contribution >= 0.6 is 15.9 Å². The summed E-state index contributed by atoms with van der Waals surface area (Å²) in [4.78, 5) is 29.0. The largest absolute Gasteiger partial charge is 0.465 e. The first-order valence-corrected chi connectivity index (χ1v) is 8.52. The van der Waals surface area contributed by atoms with Gasteiger partial charge in [0.25, 0.3) is 0 Å². The van der Waals surface area contributed by atoms with E-state index in [9.17, 15) is 9.59 Å². The minimum atomic E-state index is -0.867. The number of carboxylic acid groups (broad SMARTS) is 1. The third kappa shape index (κ3) is 2.78. The second-order valence-electron chi connectivity index (χ2n) is 6.11. The summed E-state index contributed by atoms with van der Waals surface area (Å²) in [5.74, 6) is 0.0699. The molecule has 0 unspecified atom stereocenters. The van der Waals surface area contributed by atoms with E-state index < -0.39 is 6.09 Å². The zero-order chi connectivity index (χ0) is 16.7. The Morgan fingerprint density at radius 2 is 1.91 bits per heavy atom. The van der Waals surface area contributed by atoms with E-state index in [4.69, 9.17) is 5.11 Å². The number of amides is 2. The summed E-state index contributed by atoms with van der Waals surface area (Å²) in [5, 5.41) is 9.10. The Labute approximate surface area is 143 Å². The van der Waals surface area contributed by atoms with Crippen molar-refractivity contribution in [2.45, 2.75) is 31.8 Å². The summed E-state index contributed by atoms with van der Waals surface area (Å²) in [7, 11) is 1.80. The van der Waals surface area contributed by atoms with Gasteiger partial charge in [-0.15, -0.1) is 0 Å². The van der Waals surface area contributed by atoms with Crippen molar-refractivity contribution < 1.29 is 14.7 Å². The molecule has 0 radical (unpaired) electrons. The molecule has 1 aromatic carbocycles. The number of halogens is 1. The zero-order valence-corrected chi connectivity index (χ0v) is 14.8. The van der Waals surface area contributed by atoms with Gasteiger partial charge < -0.3 is 19.8 Å². The van der Waals surface area contributed by atoms with E-state index in [-0.39, 0.29) is 18.0 Å². The van der Waals surface area contributed by atoms with Crippen molar-refractivity contribution in [2.75, 3.05) is 29.9 Å². The van der Waals surface area contributed by atoms with Gasteiger partial charge in [-0.2, -0.15) is 0 Å². The van der Waals surface area contributed by atoms with Gasteiger partial charge in [0.2, 0.25) is 5.91 Å². The fourth-order valence-corrected chi connectivity index (χ4v) is 3.91. The monoisotopic (exact) mass is 381 g/mol. The second-order valence-corrected chi connectivity index (χ2v) is 7.03. The van der Waals surface area contributed by atoms with Crippen molar-refractivity contribution in [3.63, 3.8) is 0 Å². The van der Waals surface area contributed by atoms with Gasteiger partial charge in [0.05, 0.1) is 11.4 Å². The molecule has 2 amide bonds. The zero-order valence-electron chi connectivity index (χ0n) is 13.2. The van der Waals surface area contributed by atoms with Gasteiger partial charge >= 0.3 is 6.09 Å². The number of piperidine rings is 1. The average Bonchev–Trinajstić information content (AvgIpc) is 2.53. The maximum atomic E-state index is 12.6. The van der Waals surface area contributed by atoms with Gasteiger partial charge in [-0.25, -0.2) is 4.79 Å². The lowest BCUT2D eigenvalue weighted by Crippen LogP contribution is -2.57. The normalized spacial score (nSPS) is 22.3. The number of likely N-dealkylation sites (tertiary alicyclic amines) is 1. The Morgan fingerprint density at radius 3 is 2.52 bits per heavy atom. The van der Waals surface area contributed by atoms with E-state index in [0.717, 1.165) is 28.7 Å². The SMILES string of the molecule is C[C@@H]1C(=O)N(C)c2ccc(Br)cc2N1C1CCN(C(=O)O)CC1. The highest BCUT2D eigenvalue weighted by molar-refractivity contribution is 9.10. The van der Waals surface area contributed by atoms with Crippen LogP contribution in [0.3, 0.4) is 0 Å². The molecule has 1 fully saturated rings. The molecule has 7 heteroatoms. The van der Waals surface area contributed by atoms with Crippen molar-refractivity contribution in [3.8, 4) is 0 Å². The predicted molar refractivity (Wildman–Crippen MR) is 92.1 cm³/mol. The molecular weight excluding hydrogens is 362 g/mol. The summed E-state index contributed by atoms with van der Waals surface area (Å²) >= 11 is 3.51. The molecule has 124 valence electrons. The summed E-state index contributed by atoms with van der Waals surface area (Å²) < 4.78 is 0.971. The topological polar surface area (TPSA) is 64.1 Å². The molecule has 0 spiro atoms. The smallest absolute Gasteiger partial charge is 0.407 e. The van der Waals surface area contributed by atoms with Crippen LogP contribution in [-0.2, 0) is 4.79 Å². The molecule has 0 bridgehead atoms. The molecule has 1 atom stereocenters. The Morgan fingerprint density at radius 1 is 1.26 bits per heavy atom. The summed E-state index contributed by atoms with van der Waals surface area (Å²) in [6.07, 6.45) is 0.605. The van der Waals surface area contributed by atoms with Crippen LogP contribution in [0.5, 0.6) is 0 Å². The molecule has 6 nitrogen and oxygen atoms in total. The minimum Gasteiger partial charge on any atom is -0.465 e. The molecule has 2 aliphatic heterocycles. The third-order valence-corrected chi connectivity index (χ3v) is 5.30. The molecule has 3 rings (SSSR count). The quantitative estimate of drug-likeness (QED) is 0.812. The molecule has 1 N–H and O–H groups in total. The third-order valence-electron chi connectivity index (χ3n) is 4.81. The number of carbonyl (C=O) groups excluding carboxylic acids is 1. The van der Waals surface area contributed by atoms with Crippen LogP contribution < -0.4 is 9.80 Å². The summed E-state index contributed by atoms with van der Waals surface area (Å²) in [6.45, 7) is 2.94. The highest BCUT2D eigenvalue weighted by Gasteiger charge is 2.38. The first-order chi connectivity index (χ1) is 10.9. The highest BCUT2D eigenvalue weighted by atomic mass is 79.9. The van der Waals surface area contributed by atoms with Gasteiger partial charge in [-0.05, 0) is 38.0 Å². The van der Waals surface area contributed by atoms with Crippen LogP contribution in [0.25, 0.3) is 0 Å². The molecule has 1 saturated heterocycles. The number of hydrogen-bond donors (Lipinski definition) is 1. The number of fused-ring (bicyclic) bond motifs is 1. The summed E-state index contributed by atoms with van der Waals surface area (Å²) in [6, 6.07) is 5.85.